The molecule has 0 aromatic rings. The average molecular weight is 130 g/mol. The fourth-order valence-electron chi connectivity index (χ4n) is 0. The number of rotatable bonds is 0. The molecule has 0 aliphatic rings. The summed E-state index contributed by atoms with van der Waals surface area (Å²) in [5.74, 6) is 0. The van der Waals surface area contributed by atoms with Crippen molar-refractivity contribution in [3.8, 4) is 0 Å². The third-order valence-electron chi connectivity index (χ3n) is 0. The van der Waals surface area contributed by atoms with Gasteiger partial charge in [0, 0.05) is 0 Å². The third-order valence-corrected chi connectivity index (χ3v) is 0. The summed E-state index contributed by atoms with van der Waals surface area (Å²) < 4.78 is 0. The van der Waals surface area contributed by atoms with Crippen molar-refractivity contribution in [2.75, 3.05) is 0 Å². The van der Waals surface area contributed by atoms with E-state index in [1.165, 1.54) is 0 Å². The van der Waals surface area contributed by atoms with Gasteiger partial charge in [0.05, 0.1) is 0 Å². The van der Waals surface area contributed by atoms with Crippen LogP contribution in [-0.2, 0) is 17.1 Å². The van der Waals surface area contributed by atoms with Crippen LogP contribution in [-0.4, -0.2) is 0 Å². The van der Waals surface area contributed by atoms with Crippen LogP contribution < -0.4 is 18.9 Å². The van der Waals surface area contributed by atoms with Gasteiger partial charge in [-0.1, -0.05) is 6.92 Å². The Morgan fingerprint density at radius 1 is 1.67 bits per heavy atom. The molecule has 1 radical (unpaired) electrons. The van der Waals surface area contributed by atoms with E-state index < -0.39 is 0 Å². The largest absolute Gasteiger partial charge is 2.00 e. The Morgan fingerprint density at radius 2 is 1.67 bits per heavy atom. The van der Waals surface area contributed by atoms with E-state index in [4.69, 9.17) is 0 Å². The zero-order valence-corrected chi connectivity index (χ0v) is 5.66. The third kappa shape index (κ3) is 69.5. The van der Waals surface area contributed by atoms with Crippen LogP contribution in [0.1, 0.15) is 14.8 Å². The van der Waals surface area contributed by atoms with Crippen LogP contribution in [0, 0.1) is 14.4 Å². The molecule has 0 saturated carbocycles. The Hall–Kier alpha value is 1.12. The van der Waals surface area contributed by atoms with Gasteiger partial charge in [-0.2, -0.15) is 6.42 Å². The molecular weight excluding hydrogens is 119 g/mol. The first-order valence-electron chi connectivity index (χ1n) is 1.21. The maximum absolute atomic E-state index is 3.49. The molecular formula is C4H11CuLi. The van der Waals surface area contributed by atoms with Crippen LogP contribution in [0.15, 0.2) is 0 Å². The van der Waals surface area contributed by atoms with E-state index in [-0.39, 0.29) is 44.8 Å². The molecule has 0 aliphatic heterocycles. The fourth-order valence-corrected chi connectivity index (χ4v) is 0. The fraction of sp³-hybridized carbons (Fsp3) is 0.500. The van der Waals surface area contributed by atoms with Gasteiger partial charge in [-0.25, -0.2) is 0 Å². The Balaban J connectivity index is -0.00000000333. The standard InChI is InChI=1S/C3H7.CH3.Cu.Li.H/c1-3-2;;;;/h1,3H2,2H3;1H3;;;/q2*-1;+2;+1;-1. The Labute approximate surface area is 65.2 Å². The summed E-state index contributed by atoms with van der Waals surface area (Å²) in [6, 6.07) is 0. The molecule has 0 unspecified atom stereocenters. The van der Waals surface area contributed by atoms with Gasteiger partial charge >= 0.3 is 35.9 Å². The van der Waals surface area contributed by atoms with Crippen molar-refractivity contribution < 1.29 is 37.4 Å². The van der Waals surface area contributed by atoms with E-state index in [1.807, 2.05) is 6.92 Å². The molecule has 6 heavy (non-hydrogen) atoms. The monoisotopic (exact) mass is 129 g/mol. The molecule has 0 spiro atoms. The van der Waals surface area contributed by atoms with Crippen LogP contribution >= 0.6 is 0 Å². The van der Waals surface area contributed by atoms with Gasteiger partial charge in [0.1, 0.15) is 0 Å². The molecule has 0 aromatic heterocycles. The Bertz CT molecular complexity index is 11.7. The van der Waals surface area contributed by atoms with Crippen LogP contribution in [0.4, 0.5) is 0 Å². The van der Waals surface area contributed by atoms with Crippen molar-refractivity contribution in [2.45, 2.75) is 13.3 Å². The van der Waals surface area contributed by atoms with E-state index in [0.29, 0.717) is 0 Å². The summed E-state index contributed by atoms with van der Waals surface area (Å²) in [5.41, 5.74) is 0. The minimum atomic E-state index is 0. The molecule has 0 amide bonds. The van der Waals surface area contributed by atoms with Gasteiger partial charge in [-0.05, 0) is 0 Å². The summed E-state index contributed by atoms with van der Waals surface area (Å²) in [6.07, 6.45) is 1.00. The normalized spacial score (nSPS) is 3.00. The quantitative estimate of drug-likeness (QED) is 0.285. The molecule has 0 saturated heterocycles. The zero-order chi connectivity index (χ0) is 2.71. The molecule has 0 heterocycles. The molecule has 0 aromatic carbocycles. The van der Waals surface area contributed by atoms with Crippen LogP contribution in [0.2, 0.25) is 0 Å². The predicted molar refractivity (Wildman–Crippen MR) is 23.2 cm³/mol. The molecule has 0 fully saturated rings. The van der Waals surface area contributed by atoms with E-state index in [9.17, 15) is 0 Å². The van der Waals surface area contributed by atoms with E-state index >= 15 is 0 Å². The minimum Gasteiger partial charge on any atom is -1.00 e. The maximum Gasteiger partial charge on any atom is 2.00 e. The van der Waals surface area contributed by atoms with Crippen LogP contribution in [0.5, 0.6) is 0 Å². The summed E-state index contributed by atoms with van der Waals surface area (Å²) in [5, 5.41) is 0. The second kappa shape index (κ2) is 35.7. The molecule has 0 atom stereocenters. The maximum atomic E-state index is 3.49. The van der Waals surface area contributed by atoms with Crippen molar-refractivity contribution >= 4 is 0 Å². The molecule has 0 nitrogen and oxygen atoms in total. The van der Waals surface area contributed by atoms with E-state index in [2.05, 4.69) is 6.92 Å². The first-order chi connectivity index (χ1) is 1.41. The zero-order valence-electron chi connectivity index (χ0n) is 5.72. The van der Waals surface area contributed by atoms with Gasteiger partial charge in [0.15, 0.2) is 0 Å². The second-order valence-electron chi connectivity index (χ2n) is 0.500. The molecule has 0 rings (SSSR count). The Kier molecular flexibility index (Phi) is 163. The molecule has 39 valence electrons. The van der Waals surface area contributed by atoms with E-state index in [0.717, 1.165) is 6.42 Å². The smallest absolute Gasteiger partial charge is 1.00 e. The van der Waals surface area contributed by atoms with Crippen LogP contribution in [0.3, 0.4) is 0 Å². The average Bonchev–Trinajstić information content (AvgIpc) is 0.918. The number of hydrogen-bond donors (Lipinski definition) is 0. The van der Waals surface area contributed by atoms with Gasteiger partial charge in [0.25, 0.3) is 0 Å². The van der Waals surface area contributed by atoms with Crippen molar-refractivity contribution in [3.05, 3.63) is 14.4 Å². The summed E-state index contributed by atoms with van der Waals surface area (Å²) >= 11 is 0. The Morgan fingerprint density at radius 3 is 1.67 bits per heavy atom. The molecule has 0 bridgehead atoms. The summed E-state index contributed by atoms with van der Waals surface area (Å²) in [4.78, 5) is 0. The molecule has 0 aliphatic carbocycles. The van der Waals surface area contributed by atoms with Gasteiger partial charge in [0.2, 0.25) is 0 Å². The molecule has 0 N–H and O–H groups in total. The van der Waals surface area contributed by atoms with Crippen molar-refractivity contribution in [1.82, 2.24) is 0 Å². The number of hydrogen-bond acceptors (Lipinski definition) is 0. The van der Waals surface area contributed by atoms with Gasteiger partial charge < -0.3 is 15.8 Å². The topological polar surface area (TPSA) is 0 Å². The van der Waals surface area contributed by atoms with E-state index in [1.54, 1.807) is 0 Å². The predicted octanol–water partition coefficient (Wildman–Crippen LogP) is -1.21. The first-order valence-corrected chi connectivity index (χ1v) is 1.21. The van der Waals surface area contributed by atoms with Gasteiger partial charge in [-0.3, -0.25) is 0 Å². The summed E-state index contributed by atoms with van der Waals surface area (Å²) in [6.45, 7) is 5.50. The first kappa shape index (κ1) is 27.4. The second-order valence-corrected chi connectivity index (χ2v) is 0.500. The SMILES string of the molecule is [CH2-]CC.[CH3-].[Cu+2].[H-].[Li+]. The minimum absolute atomic E-state index is 0. The molecule has 2 heteroatoms. The van der Waals surface area contributed by atoms with Crippen molar-refractivity contribution in [2.24, 2.45) is 0 Å². The summed E-state index contributed by atoms with van der Waals surface area (Å²) in [7, 11) is 0. The van der Waals surface area contributed by atoms with Crippen LogP contribution in [0.25, 0.3) is 0 Å². The van der Waals surface area contributed by atoms with Crippen molar-refractivity contribution in [1.29, 1.82) is 0 Å². The van der Waals surface area contributed by atoms with Crippen molar-refractivity contribution in [3.63, 3.8) is 0 Å². The van der Waals surface area contributed by atoms with Gasteiger partial charge in [-0.15, -0.1) is 0 Å².